The second kappa shape index (κ2) is 9.40. The van der Waals surface area contributed by atoms with Gasteiger partial charge in [-0.3, -0.25) is 0 Å². The number of benzene rings is 3. The van der Waals surface area contributed by atoms with Gasteiger partial charge in [0.05, 0.1) is 20.8 Å². The van der Waals surface area contributed by atoms with Crippen molar-refractivity contribution in [1.82, 2.24) is 9.56 Å². The van der Waals surface area contributed by atoms with Crippen LogP contribution in [0.4, 0.5) is 5.69 Å². The zero-order chi connectivity index (χ0) is 20.9. The van der Waals surface area contributed by atoms with Gasteiger partial charge in [0.25, 0.3) is 0 Å². The topological polar surface area (TPSA) is 27.9 Å². The van der Waals surface area contributed by atoms with E-state index in [1.807, 2.05) is 11.3 Å². The Morgan fingerprint density at radius 3 is 2.40 bits per heavy atom. The van der Waals surface area contributed by atoms with Crippen molar-refractivity contribution in [3.63, 3.8) is 0 Å². The SMILES string of the molecule is CCC[N+](CCC)=c1ccc2nc3ccc(NCc4ccc(C)cc4)cc3sc-2c1. The number of rotatable bonds is 7. The maximum Gasteiger partial charge on any atom is 0.201 e. The molecule has 0 unspecified atom stereocenters. The molecule has 0 aromatic heterocycles. The monoisotopic (exact) mass is 416 g/mol. The summed E-state index contributed by atoms with van der Waals surface area (Å²) >= 11 is 1.83. The average molecular weight is 417 g/mol. The van der Waals surface area contributed by atoms with Crippen LogP contribution in [0.25, 0.3) is 20.8 Å². The molecule has 4 rings (SSSR count). The van der Waals surface area contributed by atoms with Crippen molar-refractivity contribution < 1.29 is 0 Å². The molecule has 2 aliphatic rings. The maximum atomic E-state index is 4.90. The van der Waals surface area contributed by atoms with Crippen LogP contribution in [0.5, 0.6) is 0 Å². The van der Waals surface area contributed by atoms with E-state index in [4.69, 9.17) is 4.98 Å². The van der Waals surface area contributed by atoms with Crippen LogP contribution in [0, 0.1) is 6.92 Å². The summed E-state index contributed by atoms with van der Waals surface area (Å²) in [7, 11) is 0. The van der Waals surface area contributed by atoms with Crippen molar-refractivity contribution in [2.24, 2.45) is 0 Å². The number of nitrogens with one attached hydrogen (secondary N) is 1. The van der Waals surface area contributed by atoms with Gasteiger partial charge in [0.15, 0.2) is 0 Å². The first-order chi connectivity index (χ1) is 14.7. The van der Waals surface area contributed by atoms with Gasteiger partial charge in [0.1, 0.15) is 13.1 Å². The Balaban J connectivity index is 1.66. The van der Waals surface area contributed by atoms with E-state index < -0.39 is 0 Å². The summed E-state index contributed by atoms with van der Waals surface area (Å²) in [6.45, 7) is 9.62. The van der Waals surface area contributed by atoms with Gasteiger partial charge >= 0.3 is 0 Å². The Labute approximate surface area is 183 Å². The van der Waals surface area contributed by atoms with Crippen LogP contribution in [0.2, 0.25) is 0 Å². The van der Waals surface area contributed by atoms with Gasteiger partial charge in [-0.1, -0.05) is 43.7 Å². The zero-order valence-corrected chi connectivity index (χ0v) is 18.9. The molecule has 0 atom stereocenters. The lowest BCUT2D eigenvalue weighted by molar-refractivity contribution is 0.557. The Bertz CT molecular complexity index is 1170. The summed E-state index contributed by atoms with van der Waals surface area (Å²) < 4.78 is 3.70. The Morgan fingerprint density at radius 2 is 1.67 bits per heavy atom. The molecule has 3 nitrogen and oxygen atoms in total. The average Bonchev–Trinajstić information content (AvgIpc) is 2.76. The number of nitrogens with zero attached hydrogens (tertiary/aromatic N) is 2. The first kappa shape index (κ1) is 20.5. The smallest absolute Gasteiger partial charge is 0.201 e. The van der Waals surface area contributed by atoms with E-state index in [0.717, 1.165) is 49.4 Å². The molecule has 0 fully saturated rings. The van der Waals surface area contributed by atoms with Crippen LogP contribution in [0.1, 0.15) is 37.8 Å². The number of aromatic nitrogens is 1. The van der Waals surface area contributed by atoms with Gasteiger partial charge < -0.3 is 5.32 Å². The van der Waals surface area contributed by atoms with Gasteiger partial charge in [0, 0.05) is 37.2 Å². The highest BCUT2D eigenvalue weighted by molar-refractivity contribution is 7.21. The summed E-state index contributed by atoms with van der Waals surface area (Å²) in [6, 6.07) is 21.9. The van der Waals surface area contributed by atoms with Crippen molar-refractivity contribution in [1.29, 1.82) is 0 Å². The lowest BCUT2D eigenvalue weighted by atomic mass is 10.1. The van der Waals surface area contributed by atoms with Crippen LogP contribution in [-0.4, -0.2) is 18.1 Å². The predicted molar refractivity (Wildman–Crippen MR) is 130 cm³/mol. The third kappa shape index (κ3) is 4.71. The molecule has 1 aliphatic carbocycles. The molecule has 0 saturated heterocycles. The van der Waals surface area contributed by atoms with Crippen molar-refractivity contribution in [3.8, 4) is 10.6 Å². The van der Waals surface area contributed by atoms with Crippen LogP contribution >= 0.6 is 11.3 Å². The van der Waals surface area contributed by atoms with E-state index in [0.29, 0.717) is 0 Å². The van der Waals surface area contributed by atoms with Crippen molar-refractivity contribution in [3.05, 3.63) is 77.1 Å². The fraction of sp³-hybridized carbons (Fsp3) is 0.308. The van der Waals surface area contributed by atoms with Crippen molar-refractivity contribution in [2.45, 2.75) is 40.2 Å². The highest BCUT2D eigenvalue weighted by Gasteiger charge is 2.11. The van der Waals surface area contributed by atoms with Crippen LogP contribution in [0.15, 0.2) is 60.7 Å². The standard InChI is InChI=1S/C26H29N3S/c1-4-14-29(15-5-2)22-11-13-24-26(17-22)30-25-16-21(10-12-23(25)28-24)27-18-20-8-6-19(3)7-9-20/h6-13,16-17H,4-5,14-15,18H2,1-3H3/p+1. The second-order valence-corrected chi connectivity index (χ2v) is 8.96. The summed E-state index contributed by atoms with van der Waals surface area (Å²) in [4.78, 5) is 6.15. The molecule has 30 heavy (non-hydrogen) atoms. The lowest BCUT2D eigenvalue weighted by Gasteiger charge is -2.10. The van der Waals surface area contributed by atoms with Crippen LogP contribution in [-0.2, 0) is 6.54 Å². The number of fused-ring (bicyclic) bond motifs is 2. The molecule has 1 N–H and O–H groups in total. The molecule has 0 bridgehead atoms. The summed E-state index contributed by atoms with van der Waals surface area (Å²) in [5.74, 6) is 0. The molecule has 0 saturated carbocycles. The van der Waals surface area contributed by atoms with E-state index >= 15 is 0 Å². The second-order valence-electron chi connectivity index (χ2n) is 7.87. The lowest BCUT2D eigenvalue weighted by Crippen LogP contribution is -2.31. The van der Waals surface area contributed by atoms with Crippen molar-refractivity contribution >= 4 is 27.2 Å². The fourth-order valence-corrected chi connectivity index (χ4v) is 4.78. The fourth-order valence-electron chi connectivity index (χ4n) is 3.74. The summed E-state index contributed by atoms with van der Waals surface area (Å²) in [5.41, 5.74) is 5.84. The normalized spacial score (nSPS) is 11.2. The van der Waals surface area contributed by atoms with Gasteiger partial charge in [0.2, 0.25) is 5.36 Å². The third-order valence-corrected chi connectivity index (χ3v) is 6.43. The predicted octanol–water partition coefficient (Wildman–Crippen LogP) is 5.91. The molecule has 2 aromatic rings. The molecular formula is C26H30N3S+. The highest BCUT2D eigenvalue weighted by Crippen LogP contribution is 2.31. The molecule has 1 aliphatic heterocycles. The summed E-state index contributed by atoms with van der Waals surface area (Å²) in [5, 5.41) is 4.86. The number of anilines is 1. The quantitative estimate of drug-likeness (QED) is 0.299. The van der Waals surface area contributed by atoms with Gasteiger partial charge in [-0.25, -0.2) is 9.56 Å². The molecule has 0 spiro atoms. The molecule has 154 valence electrons. The molecule has 4 heteroatoms. The minimum absolute atomic E-state index is 0.824. The molecule has 1 heterocycles. The van der Waals surface area contributed by atoms with E-state index in [9.17, 15) is 0 Å². The minimum atomic E-state index is 0.824. The van der Waals surface area contributed by atoms with E-state index in [2.05, 4.69) is 91.3 Å². The molecule has 0 radical (unpaired) electrons. The molecule has 2 aromatic carbocycles. The molecule has 0 amide bonds. The van der Waals surface area contributed by atoms with E-state index in [1.54, 1.807) is 0 Å². The van der Waals surface area contributed by atoms with Gasteiger partial charge in [-0.05, 0) is 36.8 Å². The highest BCUT2D eigenvalue weighted by atomic mass is 32.1. The van der Waals surface area contributed by atoms with Crippen LogP contribution in [0.3, 0.4) is 0 Å². The summed E-state index contributed by atoms with van der Waals surface area (Å²) in [6.07, 6.45) is 2.32. The number of hydrogen-bond donors (Lipinski definition) is 1. The third-order valence-electron chi connectivity index (χ3n) is 5.33. The van der Waals surface area contributed by atoms with Gasteiger partial charge in [-0.2, -0.15) is 0 Å². The number of aryl methyl sites for hydroxylation is 1. The Hall–Kier alpha value is -2.72. The van der Waals surface area contributed by atoms with Gasteiger partial charge in [-0.15, -0.1) is 11.3 Å². The zero-order valence-electron chi connectivity index (χ0n) is 18.1. The first-order valence-electron chi connectivity index (χ1n) is 10.9. The van der Waals surface area contributed by atoms with E-state index in [1.165, 1.54) is 26.1 Å². The van der Waals surface area contributed by atoms with E-state index in [-0.39, 0.29) is 0 Å². The number of hydrogen-bond acceptors (Lipinski definition) is 3. The van der Waals surface area contributed by atoms with Crippen molar-refractivity contribution in [2.75, 3.05) is 18.4 Å². The maximum absolute atomic E-state index is 4.90. The Kier molecular flexibility index (Phi) is 6.44. The minimum Gasteiger partial charge on any atom is -0.381 e. The van der Waals surface area contributed by atoms with Crippen LogP contribution < -0.4 is 15.2 Å². The Morgan fingerprint density at radius 1 is 0.900 bits per heavy atom. The first-order valence-corrected chi connectivity index (χ1v) is 11.7. The largest absolute Gasteiger partial charge is 0.381 e. The molecular weight excluding hydrogens is 386 g/mol.